The lowest BCUT2D eigenvalue weighted by molar-refractivity contribution is -0.124. The molecule has 0 radical (unpaired) electrons. The van der Waals surface area contributed by atoms with Gasteiger partial charge in [0.2, 0.25) is 5.91 Å². The maximum Gasteiger partial charge on any atom is 0.338 e. The second-order valence-corrected chi connectivity index (χ2v) is 7.42. The van der Waals surface area contributed by atoms with Crippen molar-refractivity contribution in [3.8, 4) is 0 Å². The third kappa shape index (κ3) is 5.02. The molecule has 1 atom stereocenters. The molecule has 0 saturated heterocycles. The highest BCUT2D eigenvalue weighted by Crippen LogP contribution is 2.32. The van der Waals surface area contributed by atoms with Gasteiger partial charge in [-0.25, -0.2) is 4.79 Å². The van der Waals surface area contributed by atoms with Gasteiger partial charge < -0.3 is 15.4 Å². The van der Waals surface area contributed by atoms with Gasteiger partial charge in [-0.3, -0.25) is 9.59 Å². The largest absolute Gasteiger partial charge is 0.452 e. The Kier molecular flexibility index (Phi) is 6.03. The molecule has 8 heteroatoms. The normalized spacial score (nSPS) is 13.9. The predicted octanol–water partition coefficient (Wildman–Crippen LogP) is 3.42. The Morgan fingerprint density at radius 2 is 2.00 bits per heavy atom. The van der Waals surface area contributed by atoms with Crippen LogP contribution in [0.25, 0.3) is 0 Å². The number of amides is 2. The summed E-state index contributed by atoms with van der Waals surface area (Å²) < 4.78 is 5.07. The van der Waals surface area contributed by atoms with Crippen LogP contribution in [0.4, 0.5) is 5.69 Å². The number of hydrogen-bond donors (Lipinski definition) is 2. The molecule has 2 N–H and O–H groups in total. The van der Waals surface area contributed by atoms with Crippen molar-refractivity contribution in [2.24, 2.45) is 0 Å². The summed E-state index contributed by atoms with van der Waals surface area (Å²) in [7, 11) is 0. The van der Waals surface area contributed by atoms with Gasteiger partial charge in [-0.15, -0.1) is 11.8 Å². The van der Waals surface area contributed by atoms with E-state index < -0.39 is 18.5 Å². The van der Waals surface area contributed by atoms with Crippen LogP contribution < -0.4 is 10.6 Å². The number of rotatable bonds is 5. The van der Waals surface area contributed by atoms with Crippen LogP contribution in [0, 0.1) is 0 Å². The average molecular weight is 405 g/mol. The van der Waals surface area contributed by atoms with E-state index in [1.54, 1.807) is 30.3 Å². The molecule has 2 amide bonds. The number of benzene rings is 2. The first-order chi connectivity index (χ1) is 12.9. The second-order valence-electron chi connectivity index (χ2n) is 5.96. The molecule has 1 aliphatic rings. The second kappa shape index (κ2) is 8.45. The molecule has 0 saturated carbocycles. The Balaban J connectivity index is 1.54. The van der Waals surface area contributed by atoms with Gasteiger partial charge in [-0.2, -0.15) is 0 Å². The summed E-state index contributed by atoms with van der Waals surface area (Å²) in [4.78, 5) is 36.5. The summed E-state index contributed by atoms with van der Waals surface area (Å²) in [5, 5.41) is 6.09. The van der Waals surface area contributed by atoms with Gasteiger partial charge in [0.05, 0.1) is 23.0 Å². The number of halogens is 1. The molecule has 140 valence electrons. The van der Waals surface area contributed by atoms with Crippen molar-refractivity contribution in [1.29, 1.82) is 0 Å². The highest BCUT2D eigenvalue weighted by Gasteiger charge is 2.18. The summed E-state index contributed by atoms with van der Waals surface area (Å²) in [6, 6.07) is 11.8. The summed E-state index contributed by atoms with van der Waals surface area (Å²) in [6.45, 7) is 1.43. The molecule has 1 heterocycles. The number of carbonyl (C=O) groups is 3. The third-order valence-electron chi connectivity index (χ3n) is 3.93. The summed E-state index contributed by atoms with van der Waals surface area (Å²) in [5.41, 5.74) is 1.74. The third-order valence-corrected chi connectivity index (χ3v) is 5.26. The zero-order valence-electron chi connectivity index (χ0n) is 14.5. The Morgan fingerprint density at radius 1 is 1.26 bits per heavy atom. The summed E-state index contributed by atoms with van der Waals surface area (Å²) in [5.74, 6) is -0.805. The topological polar surface area (TPSA) is 84.5 Å². The monoisotopic (exact) mass is 404 g/mol. The lowest BCUT2D eigenvalue weighted by Gasteiger charge is -2.17. The lowest BCUT2D eigenvalue weighted by Crippen LogP contribution is -2.31. The van der Waals surface area contributed by atoms with Crippen molar-refractivity contribution in [2.75, 3.05) is 17.7 Å². The first kappa shape index (κ1) is 19.3. The number of nitrogens with one attached hydrogen (secondary N) is 2. The average Bonchev–Trinajstić information content (AvgIpc) is 2.66. The minimum Gasteiger partial charge on any atom is -0.452 e. The van der Waals surface area contributed by atoms with Crippen LogP contribution in [0.15, 0.2) is 47.4 Å². The van der Waals surface area contributed by atoms with Gasteiger partial charge in [-0.05, 0) is 42.8 Å². The van der Waals surface area contributed by atoms with Crippen molar-refractivity contribution >= 4 is 46.8 Å². The predicted molar refractivity (Wildman–Crippen MR) is 104 cm³/mol. The van der Waals surface area contributed by atoms with E-state index in [9.17, 15) is 14.4 Å². The van der Waals surface area contributed by atoms with Crippen molar-refractivity contribution in [2.45, 2.75) is 17.9 Å². The van der Waals surface area contributed by atoms with Crippen LogP contribution >= 0.6 is 23.4 Å². The van der Waals surface area contributed by atoms with Crippen LogP contribution in [0.1, 0.15) is 28.9 Å². The van der Waals surface area contributed by atoms with Gasteiger partial charge in [-0.1, -0.05) is 23.7 Å². The van der Waals surface area contributed by atoms with E-state index in [2.05, 4.69) is 10.6 Å². The number of hydrogen-bond acceptors (Lipinski definition) is 5. The fourth-order valence-corrected chi connectivity index (χ4v) is 3.46. The van der Waals surface area contributed by atoms with Gasteiger partial charge >= 0.3 is 5.97 Å². The molecule has 3 rings (SSSR count). The first-order valence-corrected chi connectivity index (χ1v) is 9.57. The van der Waals surface area contributed by atoms with E-state index in [4.69, 9.17) is 16.3 Å². The van der Waals surface area contributed by atoms with Crippen molar-refractivity contribution < 1.29 is 19.1 Å². The van der Waals surface area contributed by atoms with E-state index in [-0.39, 0.29) is 17.5 Å². The molecule has 27 heavy (non-hydrogen) atoms. The Labute approximate surface area is 165 Å². The number of esters is 1. The molecule has 0 spiro atoms. The lowest BCUT2D eigenvalue weighted by atomic mass is 10.1. The molecule has 0 aliphatic carbocycles. The van der Waals surface area contributed by atoms with Gasteiger partial charge in [0.15, 0.2) is 6.61 Å². The van der Waals surface area contributed by atoms with Crippen LogP contribution in [-0.4, -0.2) is 30.1 Å². The van der Waals surface area contributed by atoms with Crippen LogP contribution in [0.5, 0.6) is 0 Å². The quantitative estimate of drug-likeness (QED) is 0.746. The SMILES string of the molecule is C[C@H](NC(=O)COC(=O)c1ccc2c(c1)NC(=O)CS2)c1ccc(Cl)cc1. The number of carbonyl (C=O) groups excluding carboxylic acids is 3. The molecular weight excluding hydrogens is 388 g/mol. The van der Waals surface area contributed by atoms with Gasteiger partial charge in [0.1, 0.15) is 0 Å². The van der Waals surface area contributed by atoms with Crippen LogP contribution in [-0.2, 0) is 14.3 Å². The van der Waals surface area contributed by atoms with E-state index in [0.717, 1.165) is 10.5 Å². The number of ether oxygens (including phenoxy) is 1. The van der Waals surface area contributed by atoms with Crippen molar-refractivity contribution in [3.05, 3.63) is 58.6 Å². The maximum absolute atomic E-state index is 12.2. The molecule has 0 bridgehead atoms. The number of fused-ring (bicyclic) bond motifs is 1. The first-order valence-electron chi connectivity index (χ1n) is 8.21. The maximum atomic E-state index is 12.2. The minimum atomic E-state index is -0.628. The molecule has 0 aromatic heterocycles. The molecule has 6 nitrogen and oxygen atoms in total. The number of thioether (sulfide) groups is 1. The minimum absolute atomic E-state index is 0.117. The molecule has 0 unspecified atom stereocenters. The van der Waals surface area contributed by atoms with Crippen molar-refractivity contribution in [1.82, 2.24) is 5.32 Å². The Bertz CT molecular complexity index is 886. The standard InChI is InChI=1S/C19H17ClN2O4S/c1-11(12-2-5-14(20)6-3-12)21-17(23)9-26-19(25)13-4-7-16-15(8-13)22-18(24)10-27-16/h2-8,11H,9-10H2,1H3,(H,21,23)(H,22,24)/t11-/m0/s1. The van der Waals surface area contributed by atoms with Gasteiger partial charge in [0, 0.05) is 9.92 Å². The zero-order chi connectivity index (χ0) is 19.4. The molecular formula is C19H17ClN2O4S. The van der Waals surface area contributed by atoms with Crippen LogP contribution in [0.2, 0.25) is 5.02 Å². The molecule has 2 aromatic carbocycles. The highest BCUT2D eigenvalue weighted by atomic mass is 35.5. The van der Waals surface area contributed by atoms with E-state index >= 15 is 0 Å². The van der Waals surface area contributed by atoms with E-state index in [1.807, 2.05) is 19.1 Å². The number of anilines is 1. The van der Waals surface area contributed by atoms with E-state index in [1.165, 1.54) is 11.8 Å². The summed E-state index contributed by atoms with van der Waals surface area (Å²) in [6.07, 6.45) is 0. The molecule has 2 aromatic rings. The van der Waals surface area contributed by atoms with E-state index in [0.29, 0.717) is 16.5 Å². The zero-order valence-corrected chi connectivity index (χ0v) is 16.0. The molecule has 1 aliphatic heterocycles. The Morgan fingerprint density at radius 3 is 2.74 bits per heavy atom. The Hall–Kier alpha value is -2.51. The van der Waals surface area contributed by atoms with Crippen molar-refractivity contribution in [3.63, 3.8) is 0 Å². The summed E-state index contributed by atoms with van der Waals surface area (Å²) >= 11 is 7.25. The highest BCUT2D eigenvalue weighted by molar-refractivity contribution is 8.00. The van der Waals surface area contributed by atoms with Crippen LogP contribution in [0.3, 0.4) is 0 Å². The fraction of sp³-hybridized carbons (Fsp3) is 0.211. The van der Waals surface area contributed by atoms with Gasteiger partial charge in [0.25, 0.3) is 5.91 Å². The molecule has 0 fully saturated rings. The fourth-order valence-electron chi connectivity index (χ4n) is 2.54. The smallest absolute Gasteiger partial charge is 0.338 e.